The highest BCUT2D eigenvalue weighted by molar-refractivity contribution is 7.89. The Kier molecular flexibility index (Phi) is 7.89. The number of sulfonamides is 1. The van der Waals surface area contributed by atoms with Crippen molar-refractivity contribution < 1.29 is 17.9 Å². The fourth-order valence-corrected chi connectivity index (χ4v) is 4.73. The molecule has 0 saturated carbocycles. The second-order valence-corrected chi connectivity index (χ2v) is 9.73. The van der Waals surface area contributed by atoms with E-state index in [0.717, 1.165) is 16.7 Å². The van der Waals surface area contributed by atoms with Gasteiger partial charge in [-0.2, -0.15) is 4.72 Å². The molecule has 0 fully saturated rings. The average molecular weight is 467 g/mol. The highest BCUT2D eigenvalue weighted by Crippen LogP contribution is 2.22. The van der Waals surface area contributed by atoms with Crippen LogP contribution in [0.25, 0.3) is 0 Å². The molecule has 7 heteroatoms. The molecule has 1 atom stereocenters. The summed E-state index contributed by atoms with van der Waals surface area (Å²) in [5.74, 6) is 0.207. The van der Waals surface area contributed by atoms with Gasteiger partial charge in [0, 0.05) is 5.69 Å². The zero-order valence-corrected chi connectivity index (χ0v) is 20.2. The molecule has 0 bridgehead atoms. The van der Waals surface area contributed by atoms with Crippen molar-refractivity contribution in [2.45, 2.75) is 45.1 Å². The molecule has 3 aromatic carbocycles. The Morgan fingerprint density at radius 3 is 2.27 bits per heavy atom. The summed E-state index contributed by atoms with van der Waals surface area (Å²) in [6.07, 6.45) is 0.215. The fraction of sp³-hybridized carbons (Fsp3) is 0.269. The highest BCUT2D eigenvalue weighted by atomic mass is 32.2. The monoisotopic (exact) mass is 466 g/mol. The average Bonchev–Trinajstić information content (AvgIpc) is 2.78. The van der Waals surface area contributed by atoms with E-state index in [0.29, 0.717) is 23.6 Å². The van der Waals surface area contributed by atoms with Crippen LogP contribution in [0.3, 0.4) is 0 Å². The van der Waals surface area contributed by atoms with Gasteiger partial charge < -0.3 is 10.1 Å². The Morgan fingerprint density at radius 2 is 1.64 bits per heavy atom. The molecule has 174 valence electrons. The first-order valence-corrected chi connectivity index (χ1v) is 12.4. The van der Waals surface area contributed by atoms with Crippen LogP contribution in [0.4, 0.5) is 5.69 Å². The van der Waals surface area contributed by atoms with Crippen LogP contribution in [0.1, 0.15) is 29.2 Å². The van der Waals surface area contributed by atoms with Gasteiger partial charge in [0.05, 0.1) is 11.5 Å². The topological polar surface area (TPSA) is 84.5 Å². The summed E-state index contributed by atoms with van der Waals surface area (Å²) in [6, 6.07) is 18.6. The van der Waals surface area contributed by atoms with Crippen LogP contribution in [0.5, 0.6) is 5.75 Å². The van der Waals surface area contributed by atoms with Crippen molar-refractivity contribution in [2.75, 3.05) is 11.9 Å². The quantitative estimate of drug-likeness (QED) is 0.485. The molecule has 0 aliphatic heterocycles. The van der Waals surface area contributed by atoms with E-state index >= 15 is 0 Å². The number of amides is 1. The molecule has 3 aromatic rings. The highest BCUT2D eigenvalue weighted by Gasteiger charge is 2.27. The maximum Gasteiger partial charge on any atom is 0.242 e. The zero-order chi connectivity index (χ0) is 24.0. The van der Waals surface area contributed by atoms with Gasteiger partial charge in [-0.25, -0.2) is 8.42 Å². The van der Waals surface area contributed by atoms with Crippen molar-refractivity contribution in [3.63, 3.8) is 0 Å². The van der Waals surface area contributed by atoms with Crippen molar-refractivity contribution >= 4 is 21.6 Å². The normalized spacial score (nSPS) is 12.2. The van der Waals surface area contributed by atoms with E-state index in [-0.39, 0.29) is 11.3 Å². The second-order valence-electron chi connectivity index (χ2n) is 8.01. The minimum absolute atomic E-state index is 0.0838. The minimum atomic E-state index is -3.95. The molecule has 2 N–H and O–H groups in total. The number of rotatable bonds is 9. The fourth-order valence-electron chi connectivity index (χ4n) is 3.45. The molecule has 0 saturated heterocycles. The standard InChI is InChI=1S/C26H30N2O4S/c1-5-32-25-14-13-23(16-20(25)4)33(30,31)28-24(17-21-9-7-6-8-10-21)26(29)27-22-12-11-18(2)19(3)15-22/h6-16,24,28H,5,17H2,1-4H3,(H,27,29)/t24-/m1/s1. The molecule has 0 aliphatic carbocycles. The summed E-state index contributed by atoms with van der Waals surface area (Å²) in [6.45, 7) is 8.10. The maximum absolute atomic E-state index is 13.2. The lowest BCUT2D eigenvalue weighted by Crippen LogP contribution is -2.45. The van der Waals surface area contributed by atoms with Crippen LogP contribution in [0, 0.1) is 20.8 Å². The second kappa shape index (κ2) is 10.6. The van der Waals surface area contributed by atoms with Crippen LogP contribution >= 0.6 is 0 Å². The molecule has 0 radical (unpaired) electrons. The summed E-state index contributed by atoms with van der Waals surface area (Å²) in [4.78, 5) is 13.3. The van der Waals surface area contributed by atoms with Gasteiger partial charge in [0.1, 0.15) is 11.8 Å². The predicted molar refractivity (Wildman–Crippen MR) is 131 cm³/mol. The van der Waals surface area contributed by atoms with Crippen LogP contribution in [0.15, 0.2) is 71.6 Å². The van der Waals surface area contributed by atoms with Crippen molar-refractivity contribution in [1.82, 2.24) is 4.72 Å². The minimum Gasteiger partial charge on any atom is -0.494 e. The number of benzene rings is 3. The number of nitrogens with one attached hydrogen (secondary N) is 2. The summed E-state index contributed by atoms with van der Waals surface area (Å²) < 4.78 is 34.5. The van der Waals surface area contributed by atoms with Gasteiger partial charge >= 0.3 is 0 Å². The number of carbonyl (C=O) groups is 1. The largest absolute Gasteiger partial charge is 0.494 e. The molecule has 0 spiro atoms. The molecule has 1 amide bonds. The first-order chi connectivity index (χ1) is 15.7. The molecule has 33 heavy (non-hydrogen) atoms. The molecular formula is C26H30N2O4S. The van der Waals surface area contributed by atoms with E-state index in [1.807, 2.05) is 69.3 Å². The molecular weight excluding hydrogens is 436 g/mol. The van der Waals surface area contributed by atoms with E-state index in [4.69, 9.17) is 4.74 Å². The summed E-state index contributed by atoms with van der Waals surface area (Å²) in [5.41, 5.74) is 4.33. The van der Waals surface area contributed by atoms with E-state index in [1.165, 1.54) is 6.07 Å². The molecule has 0 aliphatic rings. The third-order valence-electron chi connectivity index (χ3n) is 5.43. The third kappa shape index (κ3) is 6.43. The lowest BCUT2D eigenvalue weighted by Gasteiger charge is -2.20. The molecule has 0 unspecified atom stereocenters. The molecule has 0 aromatic heterocycles. The SMILES string of the molecule is CCOc1ccc(S(=O)(=O)N[C@H](Cc2ccccc2)C(=O)Nc2ccc(C)c(C)c2)cc1C. The number of hydrogen-bond donors (Lipinski definition) is 2. The van der Waals surface area contributed by atoms with Crippen LogP contribution in [0.2, 0.25) is 0 Å². The number of carbonyl (C=O) groups excluding carboxylic acids is 1. The van der Waals surface area contributed by atoms with E-state index < -0.39 is 22.0 Å². The van der Waals surface area contributed by atoms with Gasteiger partial charge in [0.25, 0.3) is 0 Å². The van der Waals surface area contributed by atoms with Gasteiger partial charge in [-0.05, 0) is 86.7 Å². The number of ether oxygens (including phenoxy) is 1. The molecule has 0 heterocycles. The number of aryl methyl sites for hydroxylation is 3. The number of anilines is 1. The summed E-state index contributed by atoms with van der Waals surface area (Å²) in [5, 5.41) is 2.86. The van der Waals surface area contributed by atoms with E-state index in [1.54, 1.807) is 19.1 Å². The maximum atomic E-state index is 13.2. The van der Waals surface area contributed by atoms with Crippen molar-refractivity contribution in [1.29, 1.82) is 0 Å². The summed E-state index contributed by atoms with van der Waals surface area (Å²) in [7, 11) is -3.95. The van der Waals surface area contributed by atoms with Crippen LogP contribution < -0.4 is 14.8 Å². The zero-order valence-electron chi connectivity index (χ0n) is 19.4. The number of hydrogen-bond acceptors (Lipinski definition) is 4. The van der Waals surface area contributed by atoms with Gasteiger partial charge in [-0.15, -0.1) is 0 Å². The smallest absolute Gasteiger partial charge is 0.242 e. The van der Waals surface area contributed by atoms with Crippen LogP contribution in [-0.4, -0.2) is 27.0 Å². The van der Waals surface area contributed by atoms with Gasteiger partial charge in [0.2, 0.25) is 15.9 Å². The van der Waals surface area contributed by atoms with Gasteiger partial charge in [-0.3, -0.25) is 4.79 Å². The van der Waals surface area contributed by atoms with Crippen molar-refractivity contribution in [2.24, 2.45) is 0 Å². The summed E-state index contributed by atoms with van der Waals surface area (Å²) >= 11 is 0. The Morgan fingerprint density at radius 1 is 0.909 bits per heavy atom. The van der Waals surface area contributed by atoms with E-state index in [2.05, 4.69) is 10.0 Å². The van der Waals surface area contributed by atoms with Gasteiger partial charge in [-0.1, -0.05) is 36.4 Å². The van der Waals surface area contributed by atoms with Crippen LogP contribution in [-0.2, 0) is 21.2 Å². The lowest BCUT2D eigenvalue weighted by molar-refractivity contribution is -0.117. The Labute approximate surface area is 196 Å². The van der Waals surface area contributed by atoms with Gasteiger partial charge in [0.15, 0.2) is 0 Å². The molecule has 3 rings (SSSR count). The van der Waals surface area contributed by atoms with Crippen molar-refractivity contribution in [3.05, 3.63) is 89.0 Å². The lowest BCUT2D eigenvalue weighted by atomic mass is 10.1. The third-order valence-corrected chi connectivity index (χ3v) is 6.90. The first kappa shape index (κ1) is 24.5. The Hall–Kier alpha value is -3.16. The van der Waals surface area contributed by atoms with E-state index in [9.17, 15) is 13.2 Å². The first-order valence-electron chi connectivity index (χ1n) is 10.9. The predicted octanol–water partition coefficient (Wildman–Crippen LogP) is 4.54. The molecule has 6 nitrogen and oxygen atoms in total. The Balaban J connectivity index is 1.87. The van der Waals surface area contributed by atoms with Crippen molar-refractivity contribution in [3.8, 4) is 5.75 Å². The Bertz CT molecular complexity index is 1220.